The predicted octanol–water partition coefficient (Wildman–Crippen LogP) is 5.72. The van der Waals surface area contributed by atoms with E-state index in [-0.39, 0.29) is 0 Å². The Labute approximate surface area is 126 Å². The van der Waals surface area contributed by atoms with Crippen molar-refractivity contribution in [3.63, 3.8) is 0 Å². The molecule has 0 bridgehead atoms. The lowest BCUT2D eigenvalue weighted by atomic mass is 9.87. The van der Waals surface area contributed by atoms with E-state index in [4.69, 9.17) is 0 Å². The Morgan fingerprint density at radius 1 is 0.900 bits per heavy atom. The maximum atomic E-state index is 3.96. The number of benzene rings is 1. The summed E-state index contributed by atoms with van der Waals surface area (Å²) in [5.74, 6) is 0.730. The maximum absolute atomic E-state index is 3.96. The highest BCUT2D eigenvalue weighted by Crippen LogP contribution is 2.28. The summed E-state index contributed by atoms with van der Waals surface area (Å²) < 4.78 is 0. The van der Waals surface area contributed by atoms with Crippen LogP contribution in [0, 0.1) is 5.92 Å². The second kappa shape index (κ2) is 9.99. The van der Waals surface area contributed by atoms with Crippen molar-refractivity contribution in [2.24, 2.45) is 5.92 Å². The molecule has 0 heterocycles. The van der Waals surface area contributed by atoms with Gasteiger partial charge in [0.05, 0.1) is 0 Å². The molecule has 0 fully saturated rings. The molecule has 1 aromatic rings. The number of nitrogens with one attached hydrogen (secondary N) is 1. The van der Waals surface area contributed by atoms with Gasteiger partial charge in [-0.1, -0.05) is 83.7 Å². The summed E-state index contributed by atoms with van der Waals surface area (Å²) in [5.41, 5.74) is 1.45. The lowest BCUT2D eigenvalue weighted by molar-refractivity contribution is 0.294. The molecule has 0 saturated heterocycles. The third-order valence-electron chi connectivity index (χ3n) is 4.49. The Bertz CT molecular complexity index is 329. The van der Waals surface area contributed by atoms with E-state index >= 15 is 0 Å². The van der Waals surface area contributed by atoms with E-state index < -0.39 is 0 Å². The van der Waals surface area contributed by atoms with Crippen molar-refractivity contribution in [3.05, 3.63) is 35.9 Å². The molecule has 2 unspecified atom stereocenters. The Hall–Kier alpha value is -0.820. The molecule has 0 aliphatic rings. The molecule has 1 heteroatoms. The SMILES string of the molecule is CCCCC(CC)NC(c1ccccc1)C(CC)CC. The van der Waals surface area contributed by atoms with Gasteiger partial charge in [-0.2, -0.15) is 0 Å². The van der Waals surface area contributed by atoms with Crippen molar-refractivity contribution in [3.8, 4) is 0 Å². The zero-order chi connectivity index (χ0) is 14.8. The highest BCUT2D eigenvalue weighted by Gasteiger charge is 2.22. The fraction of sp³-hybridized carbons (Fsp3) is 0.684. The van der Waals surface area contributed by atoms with Gasteiger partial charge in [-0.3, -0.25) is 0 Å². The van der Waals surface area contributed by atoms with Crippen LogP contribution in [-0.2, 0) is 0 Å². The van der Waals surface area contributed by atoms with E-state index in [0.717, 1.165) is 5.92 Å². The maximum Gasteiger partial charge on any atom is 0.0350 e. The van der Waals surface area contributed by atoms with E-state index in [0.29, 0.717) is 12.1 Å². The normalized spacial score (nSPS) is 14.4. The zero-order valence-corrected chi connectivity index (χ0v) is 13.9. The quantitative estimate of drug-likeness (QED) is 0.575. The van der Waals surface area contributed by atoms with Gasteiger partial charge in [-0.25, -0.2) is 0 Å². The number of hydrogen-bond acceptors (Lipinski definition) is 1. The molecule has 2 atom stereocenters. The topological polar surface area (TPSA) is 12.0 Å². The van der Waals surface area contributed by atoms with Crippen molar-refractivity contribution in [2.75, 3.05) is 0 Å². The summed E-state index contributed by atoms with van der Waals surface area (Å²) in [6.45, 7) is 9.22. The van der Waals surface area contributed by atoms with Gasteiger partial charge in [0.25, 0.3) is 0 Å². The lowest BCUT2D eigenvalue weighted by Gasteiger charge is -2.31. The van der Waals surface area contributed by atoms with Crippen LogP contribution >= 0.6 is 0 Å². The molecule has 114 valence electrons. The Morgan fingerprint density at radius 2 is 1.55 bits per heavy atom. The van der Waals surface area contributed by atoms with Crippen LogP contribution in [0.3, 0.4) is 0 Å². The molecule has 0 saturated carbocycles. The Balaban J connectivity index is 2.81. The van der Waals surface area contributed by atoms with E-state index in [1.807, 2.05) is 0 Å². The van der Waals surface area contributed by atoms with Gasteiger partial charge in [0.15, 0.2) is 0 Å². The Morgan fingerprint density at radius 3 is 2.05 bits per heavy atom. The van der Waals surface area contributed by atoms with E-state index in [1.165, 1.54) is 44.1 Å². The van der Waals surface area contributed by atoms with Crippen molar-refractivity contribution in [1.82, 2.24) is 5.32 Å². The monoisotopic (exact) mass is 275 g/mol. The van der Waals surface area contributed by atoms with Crippen LogP contribution in [0.15, 0.2) is 30.3 Å². The van der Waals surface area contributed by atoms with E-state index in [9.17, 15) is 0 Å². The summed E-state index contributed by atoms with van der Waals surface area (Å²) in [6.07, 6.45) is 7.63. The smallest absolute Gasteiger partial charge is 0.0350 e. The van der Waals surface area contributed by atoms with Gasteiger partial charge in [0.2, 0.25) is 0 Å². The third kappa shape index (κ3) is 5.28. The van der Waals surface area contributed by atoms with Crippen molar-refractivity contribution >= 4 is 0 Å². The molecule has 1 rings (SSSR count). The average Bonchev–Trinajstić information content (AvgIpc) is 2.51. The minimum atomic E-state index is 0.507. The molecule has 1 nitrogen and oxygen atoms in total. The standard InChI is InChI=1S/C19H33N/c1-5-9-15-18(8-4)20-19(16(6-2)7-3)17-13-11-10-12-14-17/h10-14,16,18-20H,5-9,15H2,1-4H3. The van der Waals surface area contributed by atoms with Gasteiger partial charge < -0.3 is 5.32 Å². The van der Waals surface area contributed by atoms with Gasteiger partial charge in [0.1, 0.15) is 0 Å². The Kier molecular flexibility index (Phi) is 8.60. The number of hydrogen-bond donors (Lipinski definition) is 1. The van der Waals surface area contributed by atoms with Gasteiger partial charge in [-0.15, -0.1) is 0 Å². The summed E-state index contributed by atoms with van der Waals surface area (Å²) in [4.78, 5) is 0. The van der Waals surface area contributed by atoms with E-state index in [1.54, 1.807) is 0 Å². The van der Waals surface area contributed by atoms with Crippen LogP contribution in [0.1, 0.15) is 77.8 Å². The second-order valence-electron chi connectivity index (χ2n) is 5.88. The van der Waals surface area contributed by atoms with Crippen LogP contribution < -0.4 is 5.32 Å². The first-order valence-corrected chi connectivity index (χ1v) is 8.57. The van der Waals surface area contributed by atoms with Crippen molar-refractivity contribution in [1.29, 1.82) is 0 Å². The van der Waals surface area contributed by atoms with E-state index in [2.05, 4.69) is 63.3 Å². The molecule has 0 amide bonds. The average molecular weight is 275 g/mol. The highest BCUT2D eigenvalue weighted by molar-refractivity contribution is 5.20. The molecule has 0 aromatic heterocycles. The minimum Gasteiger partial charge on any atom is -0.307 e. The number of unbranched alkanes of at least 4 members (excludes halogenated alkanes) is 1. The first-order chi connectivity index (χ1) is 9.76. The molecule has 0 aliphatic carbocycles. The molecule has 0 spiro atoms. The van der Waals surface area contributed by atoms with Gasteiger partial charge in [-0.05, 0) is 24.3 Å². The summed E-state index contributed by atoms with van der Waals surface area (Å²) >= 11 is 0. The first-order valence-electron chi connectivity index (χ1n) is 8.57. The summed E-state index contributed by atoms with van der Waals surface area (Å²) in [6, 6.07) is 12.2. The summed E-state index contributed by atoms with van der Waals surface area (Å²) in [5, 5.41) is 3.96. The predicted molar refractivity (Wildman–Crippen MR) is 90.0 cm³/mol. The van der Waals surface area contributed by atoms with Gasteiger partial charge in [0, 0.05) is 12.1 Å². The first kappa shape index (κ1) is 17.2. The van der Waals surface area contributed by atoms with Crippen LogP contribution in [0.5, 0.6) is 0 Å². The third-order valence-corrected chi connectivity index (χ3v) is 4.49. The zero-order valence-electron chi connectivity index (χ0n) is 13.9. The molecule has 20 heavy (non-hydrogen) atoms. The molecule has 0 aliphatic heterocycles. The van der Waals surface area contributed by atoms with Crippen LogP contribution in [0.2, 0.25) is 0 Å². The van der Waals surface area contributed by atoms with Crippen molar-refractivity contribution in [2.45, 2.75) is 78.3 Å². The second-order valence-corrected chi connectivity index (χ2v) is 5.88. The molecular weight excluding hydrogens is 242 g/mol. The molecular formula is C19H33N. The van der Waals surface area contributed by atoms with Crippen molar-refractivity contribution < 1.29 is 0 Å². The number of rotatable bonds is 10. The van der Waals surface area contributed by atoms with Crippen LogP contribution in [0.25, 0.3) is 0 Å². The fourth-order valence-corrected chi connectivity index (χ4v) is 3.03. The molecule has 1 aromatic carbocycles. The highest BCUT2D eigenvalue weighted by atomic mass is 15.0. The van der Waals surface area contributed by atoms with Gasteiger partial charge >= 0.3 is 0 Å². The van der Waals surface area contributed by atoms with Crippen LogP contribution in [-0.4, -0.2) is 6.04 Å². The summed E-state index contributed by atoms with van der Waals surface area (Å²) in [7, 11) is 0. The van der Waals surface area contributed by atoms with Crippen LogP contribution in [0.4, 0.5) is 0 Å². The molecule has 1 N–H and O–H groups in total. The lowest BCUT2D eigenvalue weighted by Crippen LogP contribution is -2.36. The largest absolute Gasteiger partial charge is 0.307 e. The molecule has 0 radical (unpaired) electrons. The minimum absolute atomic E-state index is 0.507. The fourth-order valence-electron chi connectivity index (χ4n) is 3.03.